The van der Waals surface area contributed by atoms with E-state index < -0.39 is 12.4 Å². The van der Waals surface area contributed by atoms with Gasteiger partial charge in [0.05, 0.1) is 17.1 Å². The number of nitrogens with zero attached hydrogens (tertiary/aromatic N) is 6. The summed E-state index contributed by atoms with van der Waals surface area (Å²) >= 11 is 1.26. The lowest BCUT2D eigenvalue weighted by Gasteiger charge is -2.23. The quantitative estimate of drug-likeness (QED) is 0.207. The molecular formula is C32H31F3N6O3S. The molecule has 0 radical (unpaired) electrons. The molecule has 9 nitrogen and oxygen atoms in total. The molecule has 0 N–H and O–H groups in total. The van der Waals surface area contributed by atoms with Gasteiger partial charge in [-0.05, 0) is 66.3 Å². The van der Waals surface area contributed by atoms with Gasteiger partial charge in [0.15, 0.2) is 11.0 Å². The highest BCUT2D eigenvalue weighted by Gasteiger charge is 2.33. The fourth-order valence-electron chi connectivity index (χ4n) is 4.72. The summed E-state index contributed by atoms with van der Waals surface area (Å²) in [5.74, 6) is 0.444. The number of ether oxygens (including phenoxy) is 1. The van der Waals surface area contributed by atoms with E-state index in [1.54, 1.807) is 11.9 Å². The molecule has 0 saturated carbocycles. The van der Waals surface area contributed by atoms with Crippen LogP contribution in [0, 0.1) is 6.92 Å². The molecule has 3 amide bonds. The summed E-state index contributed by atoms with van der Waals surface area (Å²) < 4.78 is 42.6. The van der Waals surface area contributed by atoms with Gasteiger partial charge >= 0.3 is 12.4 Å². The second kappa shape index (κ2) is 13.1. The van der Waals surface area contributed by atoms with Crippen molar-refractivity contribution in [1.29, 1.82) is 0 Å². The van der Waals surface area contributed by atoms with E-state index in [2.05, 4.69) is 33.7 Å². The lowest BCUT2D eigenvalue weighted by atomic mass is 9.99. The number of hydrogen-bond acceptors (Lipinski definition) is 6. The van der Waals surface area contributed by atoms with Gasteiger partial charge in [0.1, 0.15) is 12.1 Å². The Labute approximate surface area is 262 Å². The van der Waals surface area contributed by atoms with Crippen LogP contribution in [0.2, 0.25) is 0 Å². The van der Waals surface area contributed by atoms with Gasteiger partial charge in [0.2, 0.25) is 5.91 Å². The maximum atomic E-state index is 13.0. The topological polar surface area (TPSA) is 92.9 Å². The van der Waals surface area contributed by atoms with E-state index in [4.69, 9.17) is 0 Å². The number of aryl methyl sites for hydroxylation is 1. The molecule has 5 rings (SSSR count). The number of likely N-dealkylation sites (N-methyl/N-ethyl adjacent to an activating group) is 1. The number of halogens is 3. The average Bonchev–Trinajstić information content (AvgIpc) is 3.62. The highest BCUT2D eigenvalue weighted by Crippen LogP contribution is 2.34. The Morgan fingerprint density at radius 3 is 2.47 bits per heavy atom. The van der Waals surface area contributed by atoms with Crippen LogP contribution in [0.1, 0.15) is 36.5 Å². The minimum Gasteiger partial charge on any atom is -0.406 e. The third-order valence-corrected chi connectivity index (χ3v) is 8.03. The number of thioether (sulfide) groups is 1. The van der Waals surface area contributed by atoms with E-state index in [9.17, 15) is 22.8 Å². The highest BCUT2D eigenvalue weighted by molar-refractivity contribution is 8.15. The van der Waals surface area contributed by atoms with E-state index in [0.717, 1.165) is 27.9 Å². The van der Waals surface area contributed by atoms with Gasteiger partial charge in [-0.25, -0.2) is 14.5 Å². The summed E-state index contributed by atoms with van der Waals surface area (Å²) in [6.07, 6.45) is -2.71. The number of alkyl halides is 3. The van der Waals surface area contributed by atoms with Crippen LogP contribution in [0.15, 0.2) is 78.0 Å². The van der Waals surface area contributed by atoms with Crippen LogP contribution in [0.5, 0.6) is 5.75 Å². The predicted octanol–water partition coefficient (Wildman–Crippen LogP) is 7.00. The van der Waals surface area contributed by atoms with Crippen molar-refractivity contribution >= 4 is 34.6 Å². The van der Waals surface area contributed by atoms with Crippen LogP contribution in [0.25, 0.3) is 17.1 Å². The van der Waals surface area contributed by atoms with E-state index in [-0.39, 0.29) is 23.3 Å². The Bertz CT molecular complexity index is 1720. The zero-order valence-corrected chi connectivity index (χ0v) is 25.9. The van der Waals surface area contributed by atoms with Gasteiger partial charge in [0, 0.05) is 19.2 Å². The normalized spacial score (nSPS) is 14.4. The third-order valence-electron chi connectivity index (χ3n) is 7.11. The molecule has 4 aromatic rings. The number of amidine groups is 1. The fourth-order valence-corrected chi connectivity index (χ4v) is 5.57. The van der Waals surface area contributed by atoms with Crippen LogP contribution in [0.4, 0.5) is 23.7 Å². The zero-order chi connectivity index (χ0) is 32.3. The summed E-state index contributed by atoms with van der Waals surface area (Å²) in [6, 6.07) is 18.5. The number of benzene rings is 3. The van der Waals surface area contributed by atoms with Crippen LogP contribution in [-0.2, 0) is 11.2 Å². The lowest BCUT2D eigenvalue weighted by molar-refractivity contribution is -0.274. The molecule has 45 heavy (non-hydrogen) atoms. The van der Waals surface area contributed by atoms with Crippen molar-refractivity contribution in [3.63, 3.8) is 0 Å². The van der Waals surface area contributed by atoms with Crippen LogP contribution in [-0.4, -0.2) is 62.5 Å². The number of aliphatic imine (C=N–C) groups is 1. The first kappa shape index (κ1) is 31.8. The van der Waals surface area contributed by atoms with Crippen LogP contribution >= 0.6 is 11.8 Å². The summed E-state index contributed by atoms with van der Waals surface area (Å²) in [4.78, 5) is 37.6. The molecule has 1 aliphatic heterocycles. The van der Waals surface area contributed by atoms with Gasteiger partial charge in [0.25, 0.3) is 0 Å². The Morgan fingerprint density at radius 2 is 1.80 bits per heavy atom. The van der Waals surface area contributed by atoms with Gasteiger partial charge in [-0.15, -0.1) is 18.3 Å². The molecule has 13 heteroatoms. The third kappa shape index (κ3) is 7.72. The molecule has 1 aliphatic rings. The van der Waals surface area contributed by atoms with Gasteiger partial charge < -0.3 is 9.64 Å². The van der Waals surface area contributed by atoms with E-state index >= 15 is 0 Å². The summed E-state index contributed by atoms with van der Waals surface area (Å²) in [5.41, 5.74) is 5.07. The number of anilines is 1. The smallest absolute Gasteiger partial charge is 0.406 e. The number of hydrogen-bond donors (Lipinski definition) is 0. The lowest BCUT2D eigenvalue weighted by Crippen LogP contribution is -2.33. The summed E-state index contributed by atoms with van der Waals surface area (Å²) in [7, 11) is 1.68. The number of rotatable bonds is 8. The number of amides is 3. The molecule has 1 fully saturated rings. The molecule has 234 valence electrons. The van der Waals surface area contributed by atoms with Gasteiger partial charge in [-0.2, -0.15) is 4.99 Å². The maximum Gasteiger partial charge on any atom is 0.573 e. The Morgan fingerprint density at radius 1 is 1.09 bits per heavy atom. The molecule has 0 bridgehead atoms. The van der Waals surface area contributed by atoms with E-state index in [0.29, 0.717) is 29.6 Å². The monoisotopic (exact) mass is 636 g/mol. The molecule has 1 saturated heterocycles. The number of carbonyl (C=O) groups excluding carboxylic acids is 2. The van der Waals surface area contributed by atoms with Gasteiger partial charge in [-0.1, -0.05) is 62.0 Å². The minimum absolute atomic E-state index is 0.102. The minimum atomic E-state index is -4.76. The van der Waals surface area contributed by atoms with Crippen molar-refractivity contribution in [3.8, 4) is 22.8 Å². The SMILES string of the molecule is Cc1ccc(C(C)C)c(N2C(=O)CS/C2=N\C(=O)N(C)CCc2ccc(-c3ncn(-c4ccc(OC(F)(F)F)cc4)n3)cc2)c1. The first-order chi connectivity index (χ1) is 21.4. The second-order valence-electron chi connectivity index (χ2n) is 10.8. The highest BCUT2D eigenvalue weighted by atomic mass is 32.2. The molecule has 0 unspecified atom stereocenters. The maximum absolute atomic E-state index is 13.0. The van der Waals surface area contributed by atoms with Crippen LogP contribution < -0.4 is 9.64 Å². The summed E-state index contributed by atoms with van der Waals surface area (Å²) in [5, 5.41) is 4.81. The molecule has 0 spiro atoms. The molecule has 3 aromatic carbocycles. The average molecular weight is 637 g/mol. The van der Waals surface area contributed by atoms with Crippen molar-refractivity contribution in [1.82, 2.24) is 19.7 Å². The largest absolute Gasteiger partial charge is 0.573 e. The van der Waals surface area contributed by atoms with Crippen molar-refractivity contribution in [2.24, 2.45) is 4.99 Å². The molecule has 0 atom stereocenters. The number of urea groups is 1. The van der Waals surface area contributed by atoms with Gasteiger partial charge in [-0.3, -0.25) is 9.69 Å². The Kier molecular flexibility index (Phi) is 9.28. The van der Waals surface area contributed by atoms with Crippen molar-refractivity contribution in [2.75, 3.05) is 24.2 Å². The zero-order valence-electron chi connectivity index (χ0n) is 25.1. The van der Waals surface area contributed by atoms with Crippen molar-refractivity contribution < 1.29 is 27.5 Å². The standard InChI is InChI=1S/C32H31F3N6O3S/c1-20(2)26-14-5-21(3)17-27(26)41-28(42)18-45-31(41)37-30(43)39(4)16-15-22-6-8-23(9-7-22)29-36-19-40(38-29)24-10-12-25(13-11-24)44-32(33,34)35/h5-14,17,19-20H,15-16,18H2,1-4H3/b37-31-. The Balaban J connectivity index is 1.20. The molecular weight excluding hydrogens is 605 g/mol. The van der Waals surface area contributed by atoms with E-state index in [1.165, 1.54) is 51.9 Å². The summed E-state index contributed by atoms with van der Waals surface area (Å²) in [6.45, 7) is 6.51. The number of carbonyl (C=O) groups is 2. The van der Waals surface area contributed by atoms with Crippen molar-refractivity contribution in [2.45, 2.75) is 39.5 Å². The second-order valence-corrected chi connectivity index (χ2v) is 11.8. The molecule has 1 aromatic heterocycles. The first-order valence-electron chi connectivity index (χ1n) is 14.1. The van der Waals surface area contributed by atoms with Crippen LogP contribution in [0.3, 0.4) is 0 Å². The molecule has 2 heterocycles. The Hall–Kier alpha value is -4.65. The first-order valence-corrected chi connectivity index (χ1v) is 15.1. The predicted molar refractivity (Wildman–Crippen MR) is 168 cm³/mol. The molecule has 0 aliphatic carbocycles. The van der Waals surface area contributed by atoms with E-state index in [1.807, 2.05) is 49.4 Å². The fraction of sp³-hybridized carbons (Fsp3) is 0.281. The van der Waals surface area contributed by atoms with Crippen molar-refractivity contribution in [3.05, 3.63) is 89.7 Å². The number of aromatic nitrogens is 3.